The molecule has 0 fully saturated rings. The van der Waals surface area contributed by atoms with E-state index in [0.29, 0.717) is 11.3 Å². The highest BCUT2D eigenvalue weighted by atomic mass is 16.3. The van der Waals surface area contributed by atoms with Crippen molar-refractivity contribution in [3.63, 3.8) is 0 Å². The Morgan fingerprint density at radius 2 is 1.59 bits per heavy atom. The van der Waals surface area contributed by atoms with Gasteiger partial charge in [0.1, 0.15) is 5.75 Å². The molecule has 1 aromatic heterocycles. The highest BCUT2D eigenvalue weighted by Gasteiger charge is 2.15. The van der Waals surface area contributed by atoms with Crippen molar-refractivity contribution in [1.82, 2.24) is 9.36 Å². The van der Waals surface area contributed by atoms with Crippen LogP contribution < -0.4 is 5.56 Å². The van der Waals surface area contributed by atoms with Gasteiger partial charge < -0.3 is 5.11 Å². The van der Waals surface area contributed by atoms with Crippen LogP contribution in [0, 0.1) is 6.92 Å². The number of nitrogens with zero attached hydrogens (tertiary/aromatic N) is 3. The zero-order valence-electron chi connectivity index (χ0n) is 15.1. The number of phenols is 1. The van der Waals surface area contributed by atoms with Crippen molar-refractivity contribution in [1.29, 1.82) is 0 Å². The fourth-order valence-corrected chi connectivity index (χ4v) is 3.19. The van der Waals surface area contributed by atoms with E-state index in [0.717, 1.165) is 22.2 Å². The summed E-state index contributed by atoms with van der Waals surface area (Å²) in [6, 6.07) is 20.8. The number of aromatic nitrogens is 2. The minimum absolute atomic E-state index is 0.134. The minimum atomic E-state index is -0.197. The van der Waals surface area contributed by atoms with E-state index in [1.165, 1.54) is 0 Å². The molecule has 134 valence electrons. The van der Waals surface area contributed by atoms with Crippen LogP contribution in [0.25, 0.3) is 16.5 Å². The third kappa shape index (κ3) is 2.93. The zero-order valence-corrected chi connectivity index (χ0v) is 15.1. The standard InChI is InChI=1S/C22H19N3O2/c1-15-21(22(27)25(24(15)2)19-10-4-3-5-11-19)23-14-18-12-16-8-6-7-9-17(16)13-20(18)26/h3-14,26H,1-2H3. The average Bonchev–Trinajstić information content (AvgIpc) is 2.89. The second kappa shape index (κ2) is 6.61. The first kappa shape index (κ1) is 16.8. The van der Waals surface area contributed by atoms with Crippen molar-refractivity contribution in [3.05, 3.63) is 88.3 Å². The van der Waals surface area contributed by atoms with Gasteiger partial charge in [0.25, 0.3) is 5.56 Å². The number of fused-ring (bicyclic) bond motifs is 1. The van der Waals surface area contributed by atoms with Crippen LogP contribution in [0.1, 0.15) is 11.3 Å². The van der Waals surface area contributed by atoms with Gasteiger partial charge in [-0.3, -0.25) is 9.48 Å². The van der Waals surface area contributed by atoms with Crippen LogP contribution in [0.15, 0.2) is 76.5 Å². The molecule has 1 heterocycles. The number of benzene rings is 3. The molecule has 1 N–H and O–H groups in total. The largest absolute Gasteiger partial charge is 0.507 e. The normalized spacial score (nSPS) is 11.5. The van der Waals surface area contributed by atoms with Gasteiger partial charge in [-0.25, -0.2) is 9.67 Å². The molecule has 0 radical (unpaired) electrons. The predicted molar refractivity (Wildman–Crippen MR) is 109 cm³/mol. The lowest BCUT2D eigenvalue weighted by Gasteiger charge is -2.07. The van der Waals surface area contributed by atoms with Gasteiger partial charge >= 0.3 is 0 Å². The molecule has 5 nitrogen and oxygen atoms in total. The van der Waals surface area contributed by atoms with Gasteiger partial charge in [0.05, 0.1) is 11.4 Å². The van der Waals surface area contributed by atoms with E-state index in [-0.39, 0.29) is 11.3 Å². The van der Waals surface area contributed by atoms with Crippen molar-refractivity contribution >= 4 is 22.7 Å². The Bertz CT molecular complexity index is 1220. The monoisotopic (exact) mass is 357 g/mol. The summed E-state index contributed by atoms with van der Waals surface area (Å²) in [7, 11) is 1.83. The van der Waals surface area contributed by atoms with Crippen molar-refractivity contribution in [2.24, 2.45) is 12.0 Å². The Labute approximate surface area is 156 Å². The van der Waals surface area contributed by atoms with Crippen LogP contribution in [0.2, 0.25) is 0 Å². The Morgan fingerprint density at radius 3 is 2.30 bits per heavy atom. The Kier molecular flexibility index (Phi) is 4.12. The molecular weight excluding hydrogens is 338 g/mol. The summed E-state index contributed by atoms with van der Waals surface area (Å²) in [6.07, 6.45) is 1.54. The Hall–Kier alpha value is -3.60. The molecule has 0 saturated heterocycles. The van der Waals surface area contributed by atoms with Gasteiger partial charge in [-0.05, 0) is 42.0 Å². The van der Waals surface area contributed by atoms with Crippen LogP contribution in [-0.4, -0.2) is 20.7 Å². The van der Waals surface area contributed by atoms with Gasteiger partial charge in [0, 0.05) is 18.8 Å². The summed E-state index contributed by atoms with van der Waals surface area (Å²) in [5.74, 6) is 0.134. The number of hydrogen-bond acceptors (Lipinski definition) is 3. The predicted octanol–water partition coefficient (Wildman–Crippen LogP) is 4.09. The SMILES string of the molecule is Cc1c(N=Cc2cc3ccccc3cc2O)c(=O)n(-c2ccccc2)n1C. The number of phenolic OH excluding ortho intramolecular Hbond substituents is 1. The molecule has 0 aliphatic rings. The van der Waals surface area contributed by atoms with Gasteiger partial charge in [-0.2, -0.15) is 0 Å². The second-order valence-electron chi connectivity index (χ2n) is 6.43. The lowest BCUT2D eigenvalue weighted by Crippen LogP contribution is -2.19. The number of rotatable bonds is 3. The van der Waals surface area contributed by atoms with Crippen LogP contribution in [0.4, 0.5) is 5.69 Å². The van der Waals surface area contributed by atoms with Gasteiger partial charge in [0.2, 0.25) is 0 Å². The number of hydrogen-bond donors (Lipinski definition) is 1. The highest BCUT2D eigenvalue weighted by Crippen LogP contribution is 2.24. The van der Waals surface area contributed by atoms with Crippen molar-refractivity contribution in [2.75, 3.05) is 0 Å². The average molecular weight is 357 g/mol. The molecule has 0 aliphatic carbocycles. The second-order valence-corrected chi connectivity index (χ2v) is 6.43. The van der Waals surface area contributed by atoms with E-state index in [2.05, 4.69) is 4.99 Å². The van der Waals surface area contributed by atoms with Crippen LogP contribution in [0.5, 0.6) is 5.75 Å². The smallest absolute Gasteiger partial charge is 0.297 e. The van der Waals surface area contributed by atoms with Crippen molar-refractivity contribution in [2.45, 2.75) is 6.92 Å². The molecule has 0 unspecified atom stereocenters. The van der Waals surface area contributed by atoms with E-state index >= 15 is 0 Å². The first-order valence-electron chi connectivity index (χ1n) is 8.66. The lowest BCUT2D eigenvalue weighted by atomic mass is 10.1. The summed E-state index contributed by atoms with van der Waals surface area (Å²) in [4.78, 5) is 17.3. The molecule has 0 spiro atoms. The quantitative estimate of drug-likeness (QED) is 0.561. The maximum absolute atomic E-state index is 12.9. The third-order valence-electron chi connectivity index (χ3n) is 4.75. The molecule has 4 aromatic rings. The van der Waals surface area contributed by atoms with Gasteiger partial charge in [0.15, 0.2) is 5.69 Å². The lowest BCUT2D eigenvalue weighted by molar-refractivity contribution is 0.475. The van der Waals surface area contributed by atoms with Gasteiger partial charge in [-0.15, -0.1) is 0 Å². The highest BCUT2D eigenvalue weighted by molar-refractivity contribution is 5.94. The van der Waals surface area contributed by atoms with Crippen LogP contribution in [0.3, 0.4) is 0 Å². The minimum Gasteiger partial charge on any atom is -0.507 e. The first-order valence-corrected chi connectivity index (χ1v) is 8.66. The maximum atomic E-state index is 12.9. The zero-order chi connectivity index (χ0) is 19.0. The summed E-state index contributed by atoms with van der Waals surface area (Å²) in [5.41, 5.74) is 2.26. The molecule has 3 aromatic carbocycles. The molecule has 27 heavy (non-hydrogen) atoms. The molecule has 5 heteroatoms. The molecular formula is C22H19N3O2. The molecule has 0 atom stereocenters. The first-order chi connectivity index (χ1) is 13.1. The maximum Gasteiger partial charge on any atom is 0.297 e. The van der Waals surface area contributed by atoms with E-state index in [1.54, 1.807) is 21.6 Å². The number of aromatic hydroxyl groups is 1. The summed E-state index contributed by atoms with van der Waals surface area (Å²) in [5, 5.41) is 12.2. The van der Waals surface area contributed by atoms with Crippen molar-refractivity contribution < 1.29 is 5.11 Å². The molecule has 0 aliphatic heterocycles. The van der Waals surface area contributed by atoms with E-state index in [9.17, 15) is 9.90 Å². The molecule has 4 rings (SSSR count). The Balaban J connectivity index is 1.80. The third-order valence-corrected chi connectivity index (χ3v) is 4.75. The summed E-state index contributed by atoms with van der Waals surface area (Å²) in [6.45, 7) is 1.85. The molecule has 0 amide bonds. The topological polar surface area (TPSA) is 59.5 Å². The van der Waals surface area contributed by atoms with E-state index in [4.69, 9.17) is 0 Å². The van der Waals surface area contributed by atoms with Crippen molar-refractivity contribution in [3.8, 4) is 11.4 Å². The van der Waals surface area contributed by atoms with Crippen LogP contribution >= 0.6 is 0 Å². The Morgan fingerprint density at radius 1 is 0.963 bits per heavy atom. The number of aliphatic imine (C=N–C) groups is 1. The summed E-state index contributed by atoms with van der Waals surface area (Å²) < 4.78 is 3.37. The fourth-order valence-electron chi connectivity index (χ4n) is 3.19. The van der Waals surface area contributed by atoms with Gasteiger partial charge in [-0.1, -0.05) is 42.5 Å². The molecule has 0 saturated carbocycles. The molecule has 0 bridgehead atoms. The van der Waals surface area contributed by atoms with Crippen LogP contribution in [-0.2, 0) is 7.05 Å². The fraction of sp³-hybridized carbons (Fsp3) is 0.0909. The number of para-hydroxylation sites is 1. The summed E-state index contributed by atoms with van der Waals surface area (Å²) >= 11 is 0. The van der Waals surface area contributed by atoms with E-state index < -0.39 is 0 Å². The van der Waals surface area contributed by atoms with E-state index in [1.807, 2.05) is 74.6 Å².